The number of esters is 1. The van der Waals surface area contributed by atoms with E-state index in [1.54, 1.807) is 0 Å². The molecule has 0 fully saturated rings. The molecule has 0 bridgehead atoms. The number of allylic oxidation sites excluding steroid dienone is 9. The van der Waals surface area contributed by atoms with Crippen LogP contribution in [0.4, 0.5) is 0 Å². The number of hydrogen-bond donors (Lipinski definition) is 1. The fraction of sp³-hybridized carbons (Fsp3) is 0.826. The predicted molar refractivity (Wildman–Crippen MR) is 339 cm³/mol. The van der Waals surface area contributed by atoms with Crippen LogP contribution in [0, 0.1) is 0 Å². The molecule has 10 heteroatoms. The van der Waals surface area contributed by atoms with Crippen molar-refractivity contribution >= 4 is 19.7 Å². The summed E-state index contributed by atoms with van der Waals surface area (Å²) in [4.78, 5) is 40.1. The second kappa shape index (κ2) is 58.9. The van der Waals surface area contributed by atoms with Crippen LogP contribution in [0.5, 0.6) is 0 Å². The van der Waals surface area contributed by atoms with Crippen LogP contribution in [0.1, 0.15) is 316 Å². The zero-order chi connectivity index (χ0) is 57.9. The van der Waals surface area contributed by atoms with Gasteiger partial charge in [-0.3, -0.25) is 14.2 Å². The molecule has 0 radical (unpaired) electrons. The maximum atomic E-state index is 13.5. The third-order valence-corrected chi connectivity index (χ3v) is 15.9. The first-order valence-electron chi connectivity index (χ1n) is 33.6. The Morgan fingerprint density at radius 3 is 1.20 bits per heavy atom. The van der Waals surface area contributed by atoms with Gasteiger partial charge in [0.25, 0.3) is 7.82 Å². The molecule has 462 valence electrons. The first-order valence-corrected chi connectivity index (χ1v) is 35.1. The summed E-state index contributed by atoms with van der Waals surface area (Å²) in [5.74, 6) is -0.539. The lowest BCUT2D eigenvalue weighted by molar-refractivity contribution is -0.870. The molecule has 79 heavy (non-hydrogen) atoms. The SMILES string of the molecule is CCCCC/C=C\C/C=C\C/C=C\CCCCCCCCCCCCCCC(=O)OC(/C=C\CCCCCCCCCCCCC)C(COP(=O)([O-])OCC[N+](C)(C)C)NC(=O)CCCCCCCCC/C=C\CCCCCC. The standard InChI is InChI=1S/C69H129N2O7P/c1-7-10-13-16-19-22-25-28-30-31-32-33-34-35-36-37-38-39-41-44-47-50-53-56-59-62-69(73)78-67(60-57-54-51-48-45-42-27-24-21-18-15-12-9-3)66(65-77-79(74,75)76-64-63-71(4,5)6)70-68(72)61-58-55-52-49-46-43-40-29-26-23-20-17-14-11-8-2/h19,22-23,26,28,30,32-33,57,60,66-67H,7-18,20-21,24-25,27,29,31,34-56,58-59,61-65H2,1-6H3,(H-,70,72,74,75)/b22-19-,26-23-,30-28-,33-32-,60-57-. The van der Waals surface area contributed by atoms with Crippen LogP contribution in [0.3, 0.4) is 0 Å². The van der Waals surface area contributed by atoms with Gasteiger partial charge in [-0.15, -0.1) is 0 Å². The Hall–Kier alpha value is -2.29. The largest absolute Gasteiger partial charge is 0.756 e. The minimum Gasteiger partial charge on any atom is -0.756 e. The molecule has 3 atom stereocenters. The topological polar surface area (TPSA) is 114 Å². The number of carbonyl (C=O) groups excluding carboxylic acids is 2. The number of carbonyl (C=O) groups is 2. The van der Waals surface area contributed by atoms with Gasteiger partial charge in [0.1, 0.15) is 19.3 Å². The van der Waals surface area contributed by atoms with Gasteiger partial charge < -0.3 is 28.5 Å². The van der Waals surface area contributed by atoms with Crippen molar-refractivity contribution in [2.24, 2.45) is 0 Å². The number of likely N-dealkylation sites (N-methyl/N-ethyl adjacent to an activating group) is 1. The van der Waals surface area contributed by atoms with E-state index in [1.165, 1.54) is 199 Å². The maximum Gasteiger partial charge on any atom is 0.306 e. The molecule has 0 aliphatic heterocycles. The highest BCUT2D eigenvalue weighted by molar-refractivity contribution is 7.45. The Bertz CT molecular complexity index is 1540. The number of phosphoric acid groups is 1. The second-order valence-corrected chi connectivity index (χ2v) is 25.4. The summed E-state index contributed by atoms with van der Waals surface area (Å²) in [6.07, 6.45) is 74.7. The van der Waals surface area contributed by atoms with Crippen molar-refractivity contribution in [3.8, 4) is 0 Å². The quantitative estimate of drug-likeness (QED) is 0.0212. The van der Waals surface area contributed by atoms with Gasteiger partial charge in [-0.05, 0) is 96.0 Å². The van der Waals surface area contributed by atoms with Crippen molar-refractivity contribution in [3.63, 3.8) is 0 Å². The Kier molecular flexibility index (Phi) is 57.2. The van der Waals surface area contributed by atoms with Crippen LogP contribution in [0.25, 0.3) is 0 Å². The molecular formula is C69H129N2O7P. The predicted octanol–water partition coefficient (Wildman–Crippen LogP) is 20.4. The first-order chi connectivity index (χ1) is 38.4. The molecular weight excluding hydrogens is 1000 g/mol. The van der Waals surface area contributed by atoms with E-state index in [9.17, 15) is 19.0 Å². The van der Waals surface area contributed by atoms with Crippen molar-refractivity contribution in [3.05, 3.63) is 60.8 Å². The number of phosphoric ester groups is 1. The van der Waals surface area contributed by atoms with Crippen LogP contribution in [-0.4, -0.2) is 69.4 Å². The van der Waals surface area contributed by atoms with E-state index < -0.39 is 20.0 Å². The number of quaternary nitrogens is 1. The van der Waals surface area contributed by atoms with Gasteiger partial charge in [-0.1, -0.05) is 268 Å². The van der Waals surface area contributed by atoms with Gasteiger partial charge in [0, 0.05) is 12.8 Å². The van der Waals surface area contributed by atoms with Crippen LogP contribution < -0.4 is 10.2 Å². The molecule has 1 amide bonds. The van der Waals surface area contributed by atoms with Crippen molar-refractivity contribution in [1.82, 2.24) is 5.32 Å². The summed E-state index contributed by atoms with van der Waals surface area (Å²) in [5, 5.41) is 3.03. The second-order valence-electron chi connectivity index (χ2n) is 24.0. The summed E-state index contributed by atoms with van der Waals surface area (Å²) in [6.45, 7) is 6.83. The number of amides is 1. The minimum absolute atomic E-state index is 0.0235. The van der Waals surface area contributed by atoms with E-state index in [2.05, 4.69) is 74.7 Å². The number of nitrogens with zero attached hydrogens (tertiary/aromatic N) is 1. The van der Waals surface area contributed by atoms with Crippen molar-refractivity contribution < 1.29 is 37.3 Å². The highest BCUT2D eigenvalue weighted by Crippen LogP contribution is 2.38. The number of nitrogens with one attached hydrogen (secondary N) is 1. The molecule has 0 aromatic carbocycles. The van der Waals surface area contributed by atoms with Crippen LogP contribution in [0.15, 0.2) is 60.8 Å². The Labute approximate surface area is 490 Å². The van der Waals surface area contributed by atoms with E-state index in [1.807, 2.05) is 33.3 Å². The van der Waals surface area contributed by atoms with Gasteiger partial charge in [-0.25, -0.2) is 0 Å². The smallest absolute Gasteiger partial charge is 0.306 e. The molecule has 0 aliphatic carbocycles. The molecule has 0 spiro atoms. The van der Waals surface area contributed by atoms with Gasteiger partial charge >= 0.3 is 5.97 Å². The van der Waals surface area contributed by atoms with Crippen LogP contribution in [-0.2, 0) is 27.9 Å². The van der Waals surface area contributed by atoms with E-state index >= 15 is 0 Å². The van der Waals surface area contributed by atoms with Crippen LogP contribution in [0.2, 0.25) is 0 Å². The van der Waals surface area contributed by atoms with Gasteiger partial charge in [-0.2, -0.15) is 0 Å². The molecule has 1 N–H and O–H groups in total. The van der Waals surface area contributed by atoms with Crippen molar-refractivity contribution in [2.75, 3.05) is 40.9 Å². The molecule has 3 unspecified atom stereocenters. The number of ether oxygens (including phenoxy) is 1. The van der Waals surface area contributed by atoms with E-state index in [0.29, 0.717) is 17.4 Å². The summed E-state index contributed by atoms with van der Waals surface area (Å²) in [5.41, 5.74) is 0. The van der Waals surface area contributed by atoms with Gasteiger partial charge in [0.15, 0.2) is 0 Å². The highest BCUT2D eigenvalue weighted by Gasteiger charge is 2.27. The Morgan fingerprint density at radius 2 is 0.772 bits per heavy atom. The fourth-order valence-electron chi connectivity index (χ4n) is 9.70. The first kappa shape index (κ1) is 76.7. The number of hydrogen-bond acceptors (Lipinski definition) is 7. The average molecular weight is 1130 g/mol. The summed E-state index contributed by atoms with van der Waals surface area (Å²) >= 11 is 0. The molecule has 0 saturated heterocycles. The third-order valence-electron chi connectivity index (χ3n) is 14.9. The molecule has 0 aromatic rings. The third kappa shape index (κ3) is 60.1. The fourth-order valence-corrected chi connectivity index (χ4v) is 10.4. The number of rotatable bonds is 61. The Morgan fingerprint density at radius 1 is 0.443 bits per heavy atom. The lowest BCUT2D eigenvalue weighted by atomic mass is 10.0. The van der Waals surface area contributed by atoms with Crippen molar-refractivity contribution in [2.45, 2.75) is 328 Å². The van der Waals surface area contributed by atoms with Crippen LogP contribution >= 0.6 is 7.82 Å². The summed E-state index contributed by atoms with van der Waals surface area (Å²) < 4.78 is 30.4. The Balaban J connectivity index is 5.12. The monoisotopic (exact) mass is 1130 g/mol. The zero-order valence-corrected chi connectivity index (χ0v) is 53.7. The molecule has 0 saturated carbocycles. The lowest BCUT2D eigenvalue weighted by Gasteiger charge is -2.30. The summed E-state index contributed by atoms with van der Waals surface area (Å²) in [6, 6.07) is -0.892. The van der Waals surface area contributed by atoms with Gasteiger partial charge in [0.05, 0.1) is 33.8 Å². The maximum absolute atomic E-state index is 13.5. The van der Waals surface area contributed by atoms with E-state index in [-0.39, 0.29) is 31.5 Å². The molecule has 0 aromatic heterocycles. The molecule has 0 rings (SSSR count). The highest BCUT2D eigenvalue weighted by atomic mass is 31.2. The normalized spacial score (nSPS) is 14.0. The number of unbranched alkanes of at least 4 members (excludes halogenated alkanes) is 37. The molecule has 9 nitrogen and oxygen atoms in total. The average Bonchev–Trinajstić information content (AvgIpc) is 3.41. The van der Waals surface area contributed by atoms with E-state index in [0.717, 1.165) is 83.5 Å². The van der Waals surface area contributed by atoms with Gasteiger partial charge in [0.2, 0.25) is 5.91 Å². The summed E-state index contributed by atoms with van der Waals surface area (Å²) in [7, 11) is 1.19. The van der Waals surface area contributed by atoms with E-state index in [4.69, 9.17) is 13.8 Å². The minimum atomic E-state index is -4.70. The van der Waals surface area contributed by atoms with Crippen molar-refractivity contribution in [1.29, 1.82) is 0 Å². The molecule has 0 aliphatic rings. The lowest BCUT2D eigenvalue weighted by Crippen LogP contribution is -2.47. The molecule has 0 heterocycles. The zero-order valence-electron chi connectivity index (χ0n) is 52.8.